The van der Waals surface area contributed by atoms with E-state index in [1.54, 1.807) is 12.1 Å². The number of pyridine rings is 1. The quantitative estimate of drug-likeness (QED) is 0.779. The molecule has 0 aliphatic rings. The van der Waals surface area contributed by atoms with Crippen molar-refractivity contribution < 1.29 is 9.78 Å². The Morgan fingerprint density at radius 3 is 2.52 bits per heavy atom. The molecule has 23 heavy (non-hydrogen) atoms. The first kappa shape index (κ1) is 16.8. The Hall–Kier alpha value is -2.55. The second-order valence-corrected chi connectivity index (χ2v) is 6.31. The van der Waals surface area contributed by atoms with Gasteiger partial charge < -0.3 is 5.32 Å². The van der Waals surface area contributed by atoms with Crippen molar-refractivity contribution in [2.45, 2.75) is 5.03 Å². The van der Waals surface area contributed by atoms with E-state index in [0.29, 0.717) is 10.7 Å². The molecule has 6 nitrogen and oxygen atoms in total. The number of thioether (sulfide) groups is 1. The van der Waals surface area contributed by atoms with Crippen LogP contribution in [0.25, 0.3) is 0 Å². The number of aromatic nitrogens is 1. The van der Waals surface area contributed by atoms with Gasteiger partial charge in [-0.3, -0.25) is 10.5 Å². The summed E-state index contributed by atoms with van der Waals surface area (Å²) in [5.41, 5.74) is 6.85. The molecule has 4 N–H and O–H groups in total. The first-order chi connectivity index (χ1) is 11.0. The summed E-state index contributed by atoms with van der Waals surface area (Å²) in [5, 5.41) is 21.2. The van der Waals surface area contributed by atoms with Gasteiger partial charge in [-0.1, -0.05) is 27.7 Å². The molecule has 1 amide bonds. The number of aromatic amines is 1. The Morgan fingerprint density at radius 1 is 1.26 bits per heavy atom. The van der Waals surface area contributed by atoms with Gasteiger partial charge in [-0.05, 0) is 30.3 Å². The number of nitrogen functional groups attached to an aromatic ring is 1. The normalized spacial score (nSPS) is 9.70. The number of carbonyl (C=O) groups is 1. The zero-order chi connectivity index (χ0) is 16.8. The number of nitriles is 2. The lowest BCUT2D eigenvalue weighted by Gasteiger charge is -2.05. The highest BCUT2D eigenvalue weighted by Gasteiger charge is 2.15. The molecule has 2 rings (SSSR count). The first-order valence-corrected chi connectivity index (χ1v) is 8.15. The van der Waals surface area contributed by atoms with Crippen LogP contribution in [0.3, 0.4) is 0 Å². The van der Waals surface area contributed by atoms with Crippen LogP contribution in [0, 0.1) is 22.7 Å². The van der Waals surface area contributed by atoms with Gasteiger partial charge in [0.2, 0.25) is 5.91 Å². The Morgan fingerprint density at radius 2 is 1.91 bits per heavy atom. The number of benzene rings is 1. The molecular formula is C15H11BrN5OS+. The number of H-pyrrole nitrogens is 1. The van der Waals surface area contributed by atoms with Crippen LogP contribution in [0.1, 0.15) is 11.1 Å². The molecule has 0 bridgehead atoms. The highest BCUT2D eigenvalue weighted by molar-refractivity contribution is 9.10. The summed E-state index contributed by atoms with van der Waals surface area (Å²) >= 11 is 4.47. The van der Waals surface area contributed by atoms with Crippen molar-refractivity contribution in [3.05, 3.63) is 45.9 Å². The number of halogens is 1. The Bertz CT molecular complexity index is 823. The lowest BCUT2D eigenvalue weighted by atomic mass is 10.2. The zero-order valence-corrected chi connectivity index (χ0v) is 14.2. The molecule has 8 heteroatoms. The Labute approximate surface area is 145 Å². The molecule has 0 atom stereocenters. The van der Waals surface area contributed by atoms with E-state index in [0.717, 1.165) is 16.2 Å². The van der Waals surface area contributed by atoms with Crippen LogP contribution in [0.4, 0.5) is 11.5 Å². The second-order valence-electron chi connectivity index (χ2n) is 4.41. The van der Waals surface area contributed by atoms with Gasteiger partial charge in [0, 0.05) is 10.2 Å². The SMILES string of the molecule is N#Cc1cc(C#N)c(SCC(=O)Nc2ccc(Br)cc2)[nH+]c1N. The lowest BCUT2D eigenvalue weighted by Crippen LogP contribution is -2.19. The molecule has 0 aliphatic carbocycles. The summed E-state index contributed by atoms with van der Waals surface area (Å²) < 4.78 is 0.922. The van der Waals surface area contributed by atoms with E-state index in [4.69, 9.17) is 16.3 Å². The van der Waals surface area contributed by atoms with Crippen molar-refractivity contribution in [1.29, 1.82) is 10.5 Å². The average Bonchev–Trinajstić information content (AvgIpc) is 2.55. The highest BCUT2D eigenvalue weighted by Crippen LogP contribution is 2.21. The average molecular weight is 389 g/mol. The van der Waals surface area contributed by atoms with Gasteiger partial charge in [-0.25, -0.2) is 4.98 Å². The predicted octanol–water partition coefficient (Wildman–Crippen LogP) is 2.32. The molecule has 0 saturated heterocycles. The van der Waals surface area contributed by atoms with Crippen LogP contribution in [-0.2, 0) is 4.79 Å². The van der Waals surface area contributed by atoms with E-state index in [9.17, 15) is 4.79 Å². The summed E-state index contributed by atoms with van der Waals surface area (Å²) in [6.45, 7) is 0. The second kappa shape index (κ2) is 7.63. The molecule has 114 valence electrons. The van der Waals surface area contributed by atoms with Gasteiger partial charge in [0.15, 0.2) is 5.03 Å². The number of amides is 1. The number of hydrogen-bond donors (Lipinski definition) is 2. The molecule has 1 aromatic carbocycles. The summed E-state index contributed by atoms with van der Waals surface area (Å²) in [4.78, 5) is 14.7. The third-order valence-electron chi connectivity index (χ3n) is 2.79. The molecule has 1 aromatic heterocycles. The summed E-state index contributed by atoms with van der Waals surface area (Å²) in [6.07, 6.45) is 0. The number of nitrogens with one attached hydrogen (secondary N) is 2. The molecule has 0 unspecified atom stereocenters. The molecular weight excluding hydrogens is 378 g/mol. The van der Waals surface area contributed by atoms with Gasteiger partial charge in [-0.15, -0.1) is 0 Å². The smallest absolute Gasteiger partial charge is 0.289 e. The van der Waals surface area contributed by atoms with Crippen LogP contribution in [0.2, 0.25) is 0 Å². The van der Waals surface area contributed by atoms with E-state index < -0.39 is 0 Å². The van der Waals surface area contributed by atoms with Gasteiger partial charge in [0.05, 0.1) is 5.75 Å². The lowest BCUT2D eigenvalue weighted by molar-refractivity contribution is -0.410. The molecule has 1 heterocycles. The van der Waals surface area contributed by atoms with Crippen molar-refractivity contribution in [2.24, 2.45) is 0 Å². The van der Waals surface area contributed by atoms with E-state index in [1.807, 2.05) is 24.3 Å². The molecule has 0 aliphatic heterocycles. The maximum absolute atomic E-state index is 12.0. The van der Waals surface area contributed by atoms with E-state index in [1.165, 1.54) is 6.07 Å². The number of hydrogen-bond acceptors (Lipinski definition) is 5. The van der Waals surface area contributed by atoms with Crippen LogP contribution < -0.4 is 16.0 Å². The van der Waals surface area contributed by atoms with E-state index in [-0.39, 0.29) is 28.6 Å². The van der Waals surface area contributed by atoms with Crippen molar-refractivity contribution in [3.8, 4) is 12.1 Å². The minimum absolute atomic E-state index is 0.104. The third kappa shape index (κ3) is 4.46. The van der Waals surface area contributed by atoms with Gasteiger partial charge >= 0.3 is 0 Å². The van der Waals surface area contributed by atoms with E-state index in [2.05, 4.69) is 26.2 Å². The van der Waals surface area contributed by atoms with Crippen molar-refractivity contribution in [1.82, 2.24) is 0 Å². The standard InChI is InChI=1S/C15H10BrN5OS/c16-11-1-3-12(4-2-11)20-13(22)8-23-15-10(7-18)5-9(6-17)14(19)21-15/h1-5H,8H2,(H2,19,21)(H,20,22)/p+1. The van der Waals surface area contributed by atoms with Crippen LogP contribution >= 0.6 is 27.7 Å². The van der Waals surface area contributed by atoms with Gasteiger partial charge in [-0.2, -0.15) is 10.5 Å². The molecule has 2 aromatic rings. The molecule has 0 saturated carbocycles. The molecule has 0 fully saturated rings. The van der Waals surface area contributed by atoms with Gasteiger partial charge in [0.25, 0.3) is 5.82 Å². The number of nitrogens with zero attached hydrogens (tertiary/aromatic N) is 2. The topological polar surface area (TPSA) is 117 Å². The van der Waals surface area contributed by atoms with Crippen LogP contribution in [0.5, 0.6) is 0 Å². The fourth-order valence-electron chi connectivity index (χ4n) is 1.70. The largest absolute Gasteiger partial charge is 0.325 e. The fraction of sp³-hybridized carbons (Fsp3) is 0.0667. The number of rotatable bonds is 4. The maximum atomic E-state index is 12.0. The molecule has 0 spiro atoms. The van der Waals surface area contributed by atoms with Crippen LogP contribution in [0.15, 0.2) is 39.8 Å². The van der Waals surface area contributed by atoms with Crippen molar-refractivity contribution in [3.63, 3.8) is 0 Å². The summed E-state index contributed by atoms with van der Waals surface area (Å²) in [6, 6.07) is 12.5. The minimum atomic E-state index is -0.211. The Balaban J connectivity index is 2.04. The number of nitrogens with two attached hydrogens (primary N) is 1. The monoisotopic (exact) mass is 388 g/mol. The third-order valence-corrected chi connectivity index (χ3v) is 4.33. The van der Waals surface area contributed by atoms with Gasteiger partial charge in [0.1, 0.15) is 23.3 Å². The number of anilines is 2. The number of carbonyl (C=O) groups excluding carboxylic acids is 1. The van der Waals surface area contributed by atoms with Crippen molar-refractivity contribution >= 4 is 45.1 Å². The molecule has 0 radical (unpaired) electrons. The Kier molecular flexibility index (Phi) is 5.58. The van der Waals surface area contributed by atoms with Crippen molar-refractivity contribution in [2.75, 3.05) is 16.8 Å². The van der Waals surface area contributed by atoms with E-state index >= 15 is 0 Å². The predicted molar refractivity (Wildman–Crippen MR) is 90.3 cm³/mol. The fourth-order valence-corrected chi connectivity index (χ4v) is 2.76. The van der Waals surface area contributed by atoms with Crippen LogP contribution in [-0.4, -0.2) is 11.7 Å². The first-order valence-electron chi connectivity index (χ1n) is 6.37. The zero-order valence-electron chi connectivity index (χ0n) is 11.8. The highest BCUT2D eigenvalue weighted by atomic mass is 79.9. The minimum Gasteiger partial charge on any atom is -0.325 e. The summed E-state index contributed by atoms with van der Waals surface area (Å²) in [5.74, 6) is 0.0620. The maximum Gasteiger partial charge on any atom is 0.289 e. The summed E-state index contributed by atoms with van der Waals surface area (Å²) in [7, 11) is 0.